The topological polar surface area (TPSA) is 20.3 Å². The Balaban J connectivity index is 2.90. The van der Waals surface area contributed by atoms with Crippen LogP contribution < -0.4 is 0 Å². The van der Waals surface area contributed by atoms with E-state index in [2.05, 4.69) is 0 Å². The molecule has 15 heavy (non-hydrogen) atoms. The molecule has 0 unspecified atom stereocenters. The van der Waals surface area contributed by atoms with Gasteiger partial charge < -0.3 is 4.90 Å². The van der Waals surface area contributed by atoms with Crippen LogP contribution in [0, 0.1) is 5.82 Å². The summed E-state index contributed by atoms with van der Waals surface area (Å²) in [6, 6.07) is 5.56. The van der Waals surface area contributed by atoms with Gasteiger partial charge in [-0.2, -0.15) is 0 Å². The largest absolute Gasteiger partial charge is 0.383 e. The predicted molar refractivity (Wildman–Crippen MR) is 58.2 cm³/mol. The van der Waals surface area contributed by atoms with Crippen molar-refractivity contribution < 1.29 is 9.18 Å². The SMILES string of the molecule is CC(=CN(C)C)C(=O)c1ccc(F)cc1. The molecule has 0 saturated carbocycles. The van der Waals surface area contributed by atoms with E-state index in [0.717, 1.165) is 0 Å². The van der Waals surface area contributed by atoms with Gasteiger partial charge in [0.1, 0.15) is 5.82 Å². The molecule has 0 atom stereocenters. The average Bonchev–Trinajstić information content (AvgIpc) is 2.17. The van der Waals surface area contributed by atoms with Crippen molar-refractivity contribution in [3.05, 3.63) is 47.4 Å². The lowest BCUT2D eigenvalue weighted by Gasteiger charge is -2.07. The number of allylic oxidation sites excluding steroid dienone is 1. The van der Waals surface area contributed by atoms with Crippen molar-refractivity contribution >= 4 is 5.78 Å². The number of ketones is 1. The van der Waals surface area contributed by atoms with Crippen LogP contribution in [0.2, 0.25) is 0 Å². The van der Waals surface area contributed by atoms with Gasteiger partial charge in [0.2, 0.25) is 0 Å². The molecule has 0 radical (unpaired) electrons. The zero-order valence-electron chi connectivity index (χ0n) is 9.12. The van der Waals surface area contributed by atoms with Crippen molar-refractivity contribution in [1.29, 1.82) is 0 Å². The van der Waals surface area contributed by atoms with Crippen LogP contribution in [0.3, 0.4) is 0 Å². The Morgan fingerprint density at radius 3 is 2.27 bits per heavy atom. The van der Waals surface area contributed by atoms with Gasteiger partial charge in [-0.25, -0.2) is 4.39 Å². The van der Waals surface area contributed by atoms with Crippen molar-refractivity contribution in [2.24, 2.45) is 0 Å². The third-order valence-electron chi connectivity index (χ3n) is 1.92. The lowest BCUT2D eigenvalue weighted by atomic mass is 10.1. The molecule has 1 rings (SSSR count). The summed E-state index contributed by atoms with van der Waals surface area (Å²) in [6.45, 7) is 1.74. The fourth-order valence-corrected chi connectivity index (χ4v) is 1.27. The van der Waals surface area contributed by atoms with E-state index in [1.807, 2.05) is 14.1 Å². The molecule has 80 valence electrons. The summed E-state index contributed by atoms with van der Waals surface area (Å²) in [5.74, 6) is -0.413. The molecule has 0 aliphatic heterocycles. The highest BCUT2D eigenvalue weighted by atomic mass is 19.1. The van der Waals surface area contributed by atoms with E-state index in [4.69, 9.17) is 0 Å². The minimum Gasteiger partial charge on any atom is -0.383 e. The number of benzene rings is 1. The molecule has 3 heteroatoms. The maximum absolute atomic E-state index is 12.6. The molecule has 0 saturated heterocycles. The third-order valence-corrected chi connectivity index (χ3v) is 1.92. The van der Waals surface area contributed by atoms with Crippen LogP contribution in [0.25, 0.3) is 0 Å². The standard InChI is InChI=1S/C12H14FNO/c1-9(8-14(2)3)12(15)10-4-6-11(13)7-5-10/h4-8H,1-3H3. The molecule has 0 amide bonds. The van der Waals surface area contributed by atoms with Crippen LogP contribution >= 0.6 is 0 Å². The van der Waals surface area contributed by atoms with Gasteiger partial charge in [0.05, 0.1) is 0 Å². The Bertz CT molecular complexity index is 379. The Labute approximate surface area is 89.0 Å². The predicted octanol–water partition coefficient (Wildman–Crippen LogP) is 2.47. The molecule has 0 spiro atoms. The first-order valence-corrected chi connectivity index (χ1v) is 4.66. The van der Waals surface area contributed by atoms with Crippen LogP contribution in [0.1, 0.15) is 17.3 Å². The number of nitrogens with zero attached hydrogens (tertiary/aromatic N) is 1. The van der Waals surface area contributed by atoms with Gasteiger partial charge in [0.15, 0.2) is 5.78 Å². The van der Waals surface area contributed by atoms with E-state index >= 15 is 0 Å². The Morgan fingerprint density at radius 2 is 1.80 bits per heavy atom. The number of carbonyl (C=O) groups is 1. The molecule has 0 aliphatic rings. The number of halogens is 1. The van der Waals surface area contributed by atoms with Gasteiger partial charge >= 0.3 is 0 Å². The first kappa shape index (κ1) is 11.4. The van der Waals surface area contributed by atoms with Crippen LogP contribution in [0.15, 0.2) is 36.0 Å². The average molecular weight is 207 g/mol. The number of carbonyl (C=O) groups excluding carboxylic acids is 1. The van der Waals surface area contributed by atoms with Crippen LogP contribution in [0.5, 0.6) is 0 Å². The minimum absolute atomic E-state index is 0.0799. The monoisotopic (exact) mass is 207 g/mol. The summed E-state index contributed by atoms with van der Waals surface area (Å²) in [6.07, 6.45) is 1.74. The second kappa shape index (κ2) is 4.73. The first-order chi connectivity index (χ1) is 7.00. The summed E-state index contributed by atoms with van der Waals surface area (Å²) in [5, 5.41) is 0. The van der Waals surface area contributed by atoms with E-state index < -0.39 is 0 Å². The first-order valence-electron chi connectivity index (χ1n) is 4.66. The van der Waals surface area contributed by atoms with E-state index in [1.165, 1.54) is 24.3 Å². The molecule has 0 N–H and O–H groups in total. The van der Waals surface area contributed by atoms with E-state index in [0.29, 0.717) is 11.1 Å². The second-order valence-electron chi connectivity index (χ2n) is 3.61. The number of hydrogen-bond acceptors (Lipinski definition) is 2. The lowest BCUT2D eigenvalue weighted by Crippen LogP contribution is -2.07. The van der Waals surface area contributed by atoms with Crippen molar-refractivity contribution in [1.82, 2.24) is 4.90 Å². The summed E-state index contributed by atoms with van der Waals surface area (Å²) >= 11 is 0. The van der Waals surface area contributed by atoms with Gasteiger partial charge in [-0.15, -0.1) is 0 Å². The Morgan fingerprint density at radius 1 is 1.27 bits per heavy atom. The molecule has 1 aromatic rings. The molecular weight excluding hydrogens is 193 g/mol. The molecule has 1 aromatic carbocycles. The van der Waals surface area contributed by atoms with Crippen molar-refractivity contribution in [3.8, 4) is 0 Å². The zero-order valence-corrected chi connectivity index (χ0v) is 9.12. The van der Waals surface area contributed by atoms with Crippen molar-refractivity contribution in [2.75, 3.05) is 14.1 Å². The number of rotatable bonds is 3. The summed E-state index contributed by atoms with van der Waals surface area (Å²) in [4.78, 5) is 13.6. The van der Waals surface area contributed by atoms with Gasteiger partial charge in [-0.05, 0) is 31.2 Å². The third kappa shape index (κ3) is 3.20. The van der Waals surface area contributed by atoms with Crippen LogP contribution in [-0.4, -0.2) is 24.8 Å². The number of hydrogen-bond donors (Lipinski definition) is 0. The maximum Gasteiger partial charge on any atom is 0.190 e. The van der Waals surface area contributed by atoms with Crippen LogP contribution in [0.4, 0.5) is 4.39 Å². The summed E-state index contributed by atoms with van der Waals surface area (Å²) in [5.41, 5.74) is 1.14. The Hall–Kier alpha value is -1.64. The molecular formula is C12H14FNO. The molecule has 0 aromatic heterocycles. The fourth-order valence-electron chi connectivity index (χ4n) is 1.27. The highest BCUT2D eigenvalue weighted by Gasteiger charge is 2.07. The van der Waals surface area contributed by atoms with E-state index in [-0.39, 0.29) is 11.6 Å². The van der Waals surface area contributed by atoms with Crippen molar-refractivity contribution in [2.45, 2.75) is 6.92 Å². The molecule has 0 aliphatic carbocycles. The van der Waals surface area contributed by atoms with E-state index in [9.17, 15) is 9.18 Å². The quantitative estimate of drug-likeness (QED) is 0.560. The van der Waals surface area contributed by atoms with Crippen molar-refractivity contribution in [3.63, 3.8) is 0 Å². The molecule has 0 fully saturated rings. The van der Waals surface area contributed by atoms with Gasteiger partial charge in [0.25, 0.3) is 0 Å². The number of Topliss-reactive ketones (excluding diaryl/α,β-unsaturated/α-hetero) is 1. The zero-order chi connectivity index (χ0) is 11.4. The highest BCUT2D eigenvalue weighted by Crippen LogP contribution is 2.09. The maximum atomic E-state index is 12.6. The smallest absolute Gasteiger partial charge is 0.190 e. The lowest BCUT2D eigenvalue weighted by molar-refractivity contribution is 0.103. The second-order valence-corrected chi connectivity index (χ2v) is 3.61. The van der Waals surface area contributed by atoms with Crippen LogP contribution in [-0.2, 0) is 0 Å². The molecule has 0 bridgehead atoms. The van der Waals surface area contributed by atoms with Gasteiger partial charge in [-0.3, -0.25) is 4.79 Å². The summed E-state index contributed by atoms with van der Waals surface area (Å²) < 4.78 is 12.6. The summed E-state index contributed by atoms with van der Waals surface area (Å²) in [7, 11) is 3.70. The fraction of sp³-hybridized carbons (Fsp3) is 0.250. The molecule has 2 nitrogen and oxygen atoms in total. The van der Waals surface area contributed by atoms with Gasteiger partial charge in [-0.1, -0.05) is 0 Å². The normalized spacial score (nSPS) is 11.3. The minimum atomic E-state index is -0.333. The highest BCUT2D eigenvalue weighted by molar-refractivity contribution is 6.08. The Kier molecular flexibility index (Phi) is 3.61. The van der Waals surface area contributed by atoms with Gasteiger partial charge in [0, 0.05) is 31.4 Å². The molecule has 0 heterocycles. The van der Waals surface area contributed by atoms with E-state index in [1.54, 1.807) is 18.0 Å².